The summed E-state index contributed by atoms with van der Waals surface area (Å²) < 4.78 is 10.9. The first-order valence-corrected chi connectivity index (χ1v) is 7.85. The molecule has 1 aromatic carbocycles. The van der Waals surface area contributed by atoms with Crippen LogP contribution in [0.4, 0.5) is 0 Å². The van der Waals surface area contributed by atoms with Crippen LogP contribution in [-0.2, 0) is 0 Å². The molecule has 1 saturated heterocycles. The Balaban J connectivity index is 1.98. The van der Waals surface area contributed by atoms with Crippen molar-refractivity contribution in [3.63, 3.8) is 0 Å². The molecule has 0 spiro atoms. The van der Waals surface area contributed by atoms with Gasteiger partial charge in [0.1, 0.15) is 11.5 Å². The van der Waals surface area contributed by atoms with Crippen LogP contribution < -0.4 is 14.8 Å². The first kappa shape index (κ1) is 14.7. The fourth-order valence-corrected chi connectivity index (χ4v) is 4.03. The minimum absolute atomic E-state index is 0.133. The van der Waals surface area contributed by atoms with Gasteiger partial charge in [-0.2, -0.15) is 0 Å². The third-order valence-corrected chi connectivity index (χ3v) is 5.16. The molecule has 3 rings (SSSR count). The number of hydrogen-bond acceptors (Lipinski definition) is 4. The van der Waals surface area contributed by atoms with Crippen molar-refractivity contribution in [2.24, 2.45) is 5.92 Å². The smallest absolute Gasteiger partial charge is 0.123 e. The maximum atomic E-state index is 11.0. The Labute approximate surface area is 126 Å². The fraction of sp³-hybridized carbons (Fsp3) is 0.647. The lowest BCUT2D eigenvalue weighted by atomic mass is 9.66. The second-order valence-electron chi connectivity index (χ2n) is 6.25. The second-order valence-corrected chi connectivity index (χ2v) is 6.25. The van der Waals surface area contributed by atoms with E-state index in [9.17, 15) is 5.11 Å². The molecule has 0 aromatic heterocycles. The Morgan fingerprint density at radius 3 is 2.81 bits per heavy atom. The predicted octanol–water partition coefficient (Wildman–Crippen LogP) is 2.66. The Morgan fingerprint density at radius 1 is 1.19 bits per heavy atom. The van der Waals surface area contributed by atoms with Gasteiger partial charge in [0.15, 0.2) is 0 Å². The van der Waals surface area contributed by atoms with E-state index in [1.807, 2.05) is 18.2 Å². The van der Waals surface area contributed by atoms with Gasteiger partial charge in [-0.3, -0.25) is 0 Å². The highest BCUT2D eigenvalue weighted by atomic mass is 16.5. The van der Waals surface area contributed by atoms with Gasteiger partial charge in [0.25, 0.3) is 0 Å². The van der Waals surface area contributed by atoms with Crippen molar-refractivity contribution in [3.05, 3.63) is 23.8 Å². The van der Waals surface area contributed by atoms with E-state index >= 15 is 0 Å². The van der Waals surface area contributed by atoms with Gasteiger partial charge in [-0.15, -0.1) is 0 Å². The summed E-state index contributed by atoms with van der Waals surface area (Å²) in [5, 5.41) is 14.6. The minimum atomic E-state index is -0.526. The van der Waals surface area contributed by atoms with Crippen molar-refractivity contribution >= 4 is 0 Å². The van der Waals surface area contributed by atoms with Crippen LogP contribution >= 0.6 is 0 Å². The largest absolute Gasteiger partial charge is 0.497 e. The second kappa shape index (κ2) is 5.85. The van der Waals surface area contributed by atoms with Crippen molar-refractivity contribution < 1.29 is 14.6 Å². The molecule has 1 saturated carbocycles. The van der Waals surface area contributed by atoms with Crippen molar-refractivity contribution in [2.75, 3.05) is 20.8 Å². The topological polar surface area (TPSA) is 50.7 Å². The number of nitrogens with one attached hydrogen (secondary N) is 1. The van der Waals surface area contributed by atoms with Gasteiger partial charge in [0, 0.05) is 17.5 Å². The third-order valence-electron chi connectivity index (χ3n) is 5.16. The lowest BCUT2D eigenvalue weighted by Gasteiger charge is -2.48. The Morgan fingerprint density at radius 2 is 2.05 bits per heavy atom. The van der Waals surface area contributed by atoms with E-state index < -0.39 is 5.60 Å². The molecule has 3 atom stereocenters. The average molecular weight is 291 g/mol. The molecule has 2 N–H and O–H groups in total. The summed E-state index contributed by atoms with van der Waals surface area (Å²) in [5.41, 5.74) is 0.573. The molecule has 1 aliphatic heterocycles. The molecule has 4 nitrogen and oxygen atoms in total. The van der Waals surface area contributed by atoms with E-state index in [0.717, 1.165) is 49.3 Å². The standard InChI is InChI=1S/C17H25NO3/c1-20-12-6-7-15(21-2)13(11-12)16-14-5-3-4-8-17(14,19)9-10-18-16/h6-7,11,14,16,18-19H,3-5,8-10H2,1-2H3/t14-,16-,17+/m1/s1. The van der Waals surface area contributed by atoms with Gasteiger partial charge in [0.2, 0.25) is 0 Å². The summed E-state index contributed by atoms with van der Waals surface area (Å²) in [5.74, 6) is 1.95. The Hall–Kier alpha value is -1.26. The highest BCUT2D eigenvalue weighted by Gasteiger charge is 2.46. The van der Waals surface area contributed by atoms with Crippen LogP contribution in [0.2, 0.25) is 0 Å². The van der Waals surface area contributed by atoms with Crippen molar-refractivity contribution in [3.8, 4) is 11.5 Å². The molecule has 2 aliphatic rings. The zero-order valence-electron chi connectivity index (χ0n) is 12.9. The van der Waals surface area contributed by atoms with Gasteiger partial charge in [0.05, 0.1) is 19.8 Å². The number of hydrogen-bond donors (Lipinski definition) is 2. The molecule has 1 aliphatic carbocycles. The van der Waals surface area contributed by atoms with Gasteiger partial charge in [-0.05, 0) is 44.0 Å². The van der Waals surface area contributed by atoms with Crippen LogP contribution in [0.5, 0.6) is 11.5 Å². The molecule has 0 amide bonds. The van der Waals surface area contributed by atoms with Gasteiger partial charge >= 0.3 is 0 Å². The highest BCUT2D eigenvalue weighted by molar-refractivity contribution is 5.43. The Bertz CT molecular complexity index is 501. The minimum Gasteiger partial charge on any atom is -0.497 e. The van der Waals surface area contributed by atoms with E-state index in [4.69, 9.17) is 9.47 Å². The maximum absolute atomic E-state index is 11.0. The summed E-state index contributed by atoms with van der Waals surface area (Å²) in [6, 6.07) is 6.04. The molecule has 116 valence electrons. The predicted molar refractivity (Wildman–Crippen MR) is 81.8 cm³/mol. The SMILES string of the molecule is COc1ccc(OC)c([C@H]2NCC[C@@]3(O)CCCC[C@H]23)c1. The molecular formula is C17H25NO3. The molecule has 21 heavy (non-hydrogen) atoms. The summed E-state index contributed by atoms with van der Waals surface area (Å²) >= 11 is 0. The molecule has 1 heterocycles. The molecule has 0 bridgehead atoms. The molecule has 0 unspecified atom stereocenters. The van der Waals surface area contributed by atoms with Crippen LogP contribution in [0.15, 0.2) is 18.2 Å². The van der Waals surface area contributed by atoms with E-state index in [2.05, 4.69) is 5.32 Å². The van der Waals surface area contributed by atoms with E-state index in [1.165, 1.54) is 6.42 Å². The average Bonchev–Trinajstić information content (AvgIpc) is 2.53. The van der Waals surface area contributed by atoms with Gasteiger partial charge < -0.3 is 19.9 Å². The van der Waals surface area contributed by atoms with E-state index in [0.29, 0.717) is 0 Å². The first-order chi connectivity index (χ1) is 10.2. The Kier molecular flexibility index (Phi) is 4.09. The molecule has 0 radical (unpaired) electrons. The van der Waals surface area contributed by atoms with Crippen LogP contribution in [0.1, 0.15) is 43.7 Å². The van der Waals surface area contributed by atoms with Crippen molar-refractivity contribution in [1.29, 1.82) is 0 Å². The summed E-state index contributed by atoms with van der Waals surface area (Å²) in [6.07, 6.45) is 5.16. The first-order valence-electron chi connectivity index (χ1n) is 7.85. The number of rotatable bonds is 3. The van der Waals surface area contributed by atoms with Crippen LogP contribution in [0.3, 0.4) is 0 Å². The molecule has 4 heteroatoms. The van der Waals surface area contributed by atoms with Crippen LogP contribution in [0.25, 0.3) is 0 Å². The zero-order chi connectivity index (χ0) is 14.9. The fourth-order valence-electron chi connectivity index (χ4n) is 4.03. The van der Waals surface area contributed by atoms with Crippen molar-refractivity contribution in [1.82, 2.24) is 5.32 Å². The lowest BCUT2D eigenvalue weighted by Crippen LogP contribution is -2.53. The highest BCUT2D eigenvalue weighted by Crippen LogP contribution is 2.47. The number of piperidine rings is 1. The number of methoxy groups -OCH3 is 2. The van der Waals surface area contributed by atoms with E-state index in [-0.39, 0.29) is 12.0 Å². The number of aliphatic hydroxyl groups is 1. The maximum Gasteiger partial charge on any atom is 0.123 e. The number of ether oxygens (including phenoxy) is 2. The monoisotopic (exact) mass is 291 g/mol. The third kappa shape index (κ3) is 2.62. The quantitative estimate of drug-likeness (QED) is 0.899. The van der Waals surface area contributed by atoms with E-state index in [1.54, 1.807) is 14.2 Å². The number of benzene rings is 1. The molecule has 2 fully saturated rings. The van der Waals surface area contributed by atoms with Crippen LogP contribution in [0, 0.1) is 5.92 Å². The summed E-state index contributed by atoms with van der Waals surface area (Å²) in [7, 11) is 3.37. The van der Waals surface area contributed by atoms with Crippen LogP contribution in [-0.4, -0.2) is 31.5 Å². The molecule has 1 aromatic rings. The lowest BCUT2D eigenvalue weighted by molar-refractivity contribution is -0.0863. The summed E-state index contributed by atoms with van der Waals surface area (Å²) in [4.78, 5) is 0. The zero-order valence-corrected chi connectivity index (χ0v) is 12.9. The molecular weight excluding hydrogens is 266 g/mol. The number of fused-ring (bicyclic) bond motifs is 1. The van der Waals surface area contributed by atoms with Gasteiger partial charge in [-0.1, -0.05) is 12.8 Å². The summed E-state index contributed by atoms with van der Waals surface area (Å²) in [6.45, 7) is 0.845. The van der Waals surface area contributed by atoms with Crippen molar-refractivity contribution in [2.45, 2.75) is 43.7 Å². The normalized spacial score (nSPS) is 32.3. The van der Waals surface area contributed by atoms with Gasteiger partial charge in [-0.25, -0.2) is 0 Å².